The maximum atomic E-state index is 6.68. The van der Waals surface area contributed by atoms with E-state index in [0.29, 0.717) is 11.3 Å². The molecular weight excluding hydrogens is 498 g/mol. The lowest BCUT2D eigenvalue weighted by atomic mass is 9.71. The second-order valence-electron chi connectivity index (χ2n) is 12.7. The molecule has 2 heteroatoms. The van der Waals surface area contributed by atoms with Gasteiger partial charge in [-0.1, -0.05) is 92.7 Å². The molecule has 2 aromatic heterocycles. The molecule has 0 N–H and O–H groups in total. The van der Waals surface area contributed by atoms with Gasteiger partial charge in [0.05, 0.1) is 5.69 Å². The van der Waals surface area contributed by atoms with Crippen molar-refractivity contribution in [2.75, 3.05) is 0 Å². The molecule has 0 spiro atoms. The van der Waals surface area contributed by atoms with E-state index in [1.165, 1.54) is 53.5 Å². The van der Waals surface area contributed by atoms with Gasteiger partial charge in [0.15, 0.2) is 0 Å². The second-order valence-corrected chi connectivity index (χ2v) is 12.7. The van der Waals surface area contributed by atoms with E-state index >= 15 is 0 Å². The highest BCUT2D eigenvalue weighted by atomic mass is 16.3. The van der Waals surface area contributed by atoms with Crippen molar-refractivity contribution in [1.29, 1.82) is 0 Å². The summed E-state index contributed by atoms with van der Waals surface area (Å²) in [5, 5.41) is 2.25. The molecule has 204 valence electrons. The summed E-state index contributed by atoms with van der Waals surface area (Å²) < 4.78 is 6.68. The zero-order valence-corrected chi connectivity index (χ0v) is 24.5. The van der Waals surface area contributed by atoms with Crippen LogP contribution in [0.25, 0.3) is 55.4 Å². The zero-order valence-electron chi connectivity index (χ0n) is 24.5. The topological polar surface area (TPSA) is 26.0 Å². The Bertz CT molecular complexity index is 1880. The minimum absolute atomic E-state index is 0.488. The lowest BCUT2D eigenvalue weighted by Crippen LogP contribution is -2.20. The largest absolute Gasteiger partial charge is 0.455 e. The summed E-state index contributed by atoms with van der Waals surface area (Å²) in [6.07, 6.45) is 7.21. The van der Waals surface area contributed by atoms with Crippen molar-refractivity contribution in [3.63, 3.8) is 0 Å². The van der Waals surface area contributed by atoms with Crippen LogP contribution in [0.5, 0.6) is 0 Å². The Hall–Kier alpha value is -4.17. The molecule has 0 radical (unpaired) electrons. The zero-order chi connectivity index (χ0) is 28.1. The SMILES string of the molecule is Cc1cc(C2CCC(C)(C)CC2)ccc1-c1cc(-c2cccc3c2oc2c(-c4ccccc4)cccc23)ncc1C. The van der Waals surface area contributed by atoms with Crippen LogP contribution in [0.2, 0.25) is 0 Å². The molecule has 4 aromatic carbocycles. The predicted molar refractivity (Wildman–Crippen MR) is 172 cm³/mol. The number of aromatic nitrogens is 1. The van der Waals surface area contributed by atoms with Crippen molar-refractivity contribution in [1.82, 2.24) is 4.98 Å². The van der Waals surface area contributed by atoms with Crippen molar-refractivity contribution in [2.45, 2.75) is 59.3 Å². The van der Waals surface area contributed by atoms with Crippen LogP contribution in [0.4, 0.5) is 0 Å². The van der Waals surface area contributed by atoms with Crippen LogP contribution in [0.3, 0.4) is 0 Å². The predicted octanol–water partition coefficient (Wildman–Crippen LogP) is 11.3. The molecule has 0 amide bonds. The third-order valence-corrected chi connectivity index (χ3v) is 9.34. The van der Waals surface area contributed by atoms with Crippen molar-refractivity contribution in [3.8, 4) is 33.5 Å². The molecule has 7 rings (SSSR count). The Labute approximate surface area is 243 Å². The number of benzene rings is 4. The van der Waals surface area contributed by atoms with Gasteiger partial charge in [0.1, 0.15) is 11.2 Å². The maximum Gasteiger partial charge on any atom is 0.144 e. The molecule has 0 atom stereocenters. The molecule has 0 saturated heterocycles. The number of nitrogens with zero attached hydrogens (tertiary/aromatic N) is 1. The molecule has 1 fully saturated rings. The van der Waals surface area contributed by atoms with Crippen molar-refractivity contribution in [2.24, 2.45) is 5.41 Å². The van der Waals surface area contributed by atoms with Gasteiger partial charge in [-0.2, -0.15) is 0 Å². The van der Waals surface area contributed by atoms with Gasteiger partial charge in [0.2, 0.25) is 0 Å². The minimum Gasteiger partial charge on any atom is -0.455 e. The number of para-hydroxylation sites is 2. The summed E-state index contributed by atoms with van der Waals surface area (Å²) in [6, 6.07) is 32.7. The first-order chi connectivity index (χ1) is 19.9. The summed E-state index contributed by atoms with van der Waals surface area (Å²) in [5.74, 6) is 0.677. The molecule has 1 aliphatic rings. The molecule has 6 aromatic rings. The van der Waals surface area contributed by atoms with Gasteiger partial charge in [0.25, 0.3) is 0 Å². The number of hydrogen-bond acceptors (Lipinski definition) is 2. The second kappa shape index (κ2) is 10.0. The van der Waals surface area contributed by atoms with Crippen LogP contribution in [-0.4, -0.2) is 4.98 Å². The summed E-state index contributed by atoms with van der Waals surface area (Å²) >= 11 is 0. The van der Waals surface area contributed by atoms with Crippen LogP contribution >= 0.6 is 0 Å². The van der Waals surface area contributed by atoms with Crippen LogP contribution in [0, 0.1) is 19.3 Å². The highest BCUT2D eigenvalue weighted by molar-refractivity contribution is 6.12. The third kappa shape index (κ3) is 4.66. The number of hydrogen-bond donors (Lipinski definition) is 0. The van der Waals surface area contributed by atoms with Gasteiger partial charge in [0, 0.05) is 28.1 Å². The van der Waals surface area contributed by atoms with Crippen LogP contribution in [-0.2, 0) is 0 Å². The van der Waals surface area contributed by atoms with Crippen LogP contribution in [0.1, 0.15) is 62.1 Å². The van der Waals surface area contributed by atoms with Gasteiger partial charge in [-0.25, -0.2) is 0 Å². The van der Waals surface area contributed by atoms with E-state index in [1.54, 1.807) is 0 Å². The number of furan rings is 1. The fourth-order valence-corrected chi connectivity index (χ4v) is 6.80. The third-order valence-electron chi connectivity index (χ3n) is 9.34. The molecule has 2 heterocycles. The Morgan fingerprint density at radius 3 is 2.05 bits per heavy atom. The van der Waals surface area contributed by atoms with Crippen LogP contribution in [0.15, 0.2) is 102 Å². The fourth-order valence-electron chi connectivity index (χ4n) is 6.80. The van der Waals surface area contributed by atoms with Gasteiger partial charge in [-0.3, -0.25) is 4.98 Å². The number of pyridine rings is 1. The van der Waals surface area contributed by atoms with E-state index in [2.05, 4.69) is 113 Å². The van der Waals surface area contributed by atoms with Gasteiger partial charge < -0.3 is 4.42 Å². The summed E-state index contributed by atoms with van der Waals surface area (Å²) in [6.45, 7) is 9.25. The van der Waals surface area contributed by atoms with E-state index in [0.717, 1.165) is 44.3 Å². The summed E-state index contributed by atoms with van der Waals surface area (Å²) in [7, 11) is 0. The van der Waals surface area contributed by atoms with E-state index < -0.39 is 0 Å². The molecule has 0 unspecified atom stereocenters. The number of aryl methyl sites for hydroxylation is 2. The Morgan fingerprint density at radius 1 is 0.659 bits per heavy atom. The molecule has 0 aliphatic heterocycles. The fraction of sp³-hybridized carbons (Fsp3) is 0.256. The van der Waals surface area contributed by atoms with Crippen molar-refractivity contribution in [3.05, 3.63) is 114 Å². The first kappa shape index (κ1) is 25.8. The maximum absolute atomic E-state index is 6.68. The van der Waals surface area contributed by atoms with Crippen molar-refractivity contribution >= 4 is 21.9 Å². The van der Waals surface area contributed by atoms with Gasteiger partial charge in [-0.15, -0.1) is 0 Å². The standard InChI is InChI=1S/C39H37NO/c1-25-22-29(27-18-20-39(3,4)21-19-27)16-17-30(25)35-23-36(40-24-26(35)2)34-15-9-14-33-32-13-8-12-31(37(32)41-38(33)34)28-10-6-5-7-11-28/h5-17,22-24,27H,18-21H2,1-4H3. The van der Waals surface area contributed by atoms with E-state index in [1.807, 2.05) is 12.3 Å². The molecule has 1 aliphatic carbocycles. The normalized spacial score (nSPS) is 15.5. The van der Waals surface area contributed by atoms with E-state index in [9.17, 15) is 0 Å². The van der Waals surface area contributed by atoms with Gasteiger partial charge in [-0.05, 0) is 96.4 Å². The quantitative estimate of drug-likeness (QED) is 0.224. The summed E-state index contributed by atoms with van der Waals surface area (Å²) in [4.78, 5) is 4.91. The Kier molecular flexibility index (Phi) is 6.31. The lowest BCUT2D eigenvalue weighted by molar-refractivity contribution is 0.224. The Morgan fingerprint density at radius 2 is 1.34 bits per heavy atom. The van der Waals surface area contributed by atoms with E-state index in [-0.39, 0.29) is 0 Å². The lowest BCUT2D eigenvalue weighted by Gasteiger charge is -2.34. The number of fused-ring (bicyclic) bond motifs is 3. The van der Waals surface area contributed by atoms with Crippen molar-refractivity contribution < 1.29 is 4.42 Å². The average Bonchev–Trinajstić information content (AvgIpc) is 3.37. The Balaban J connectivity index is 1.30. The number of rotatable bonds is 4. The molecule has 41 heavy (non-hydrogen) atoms. The van der Waals surface area contributed by atoms with Crippen LogP contribution < -0.4 is 0 Å². The molecule has 1 saturated carbocycles. The molecule has 2 nitrogen and oxygen atoms in total. The highest BCUT2D eigenvalue weighted by Crippen LogP contribution is 2.44. The first-order valence-corrected chi connectivity index (χ1v) is 15.0. The molecule has 0 bridgehead atoms. The first-order valence-electron chi connectivity index (χ1n) is 15.0. The monoisotopic (exact) mass is 535 g/mol. The molecular formula is C39H37NO. The van der Waals surface area contributed by atoms with E-state index in [4.69, 9.17) is 9.40 Å². The minimum atomic E-state index is 0.488. The highest BCUT2D eigenvalue weighted by Gasteiger charge is 2.28. The van der Waals surface area contributed by atoms with Gasteiger partial charge >= 0.3 is 0 Å². The smallest absolute Gasteiger partial charge is 0.144 e. The average molecular weight is 536 g/mol. The summed E-state index contributed by atoms with van der Waals surface area (Å²) in [5.41, 5.74) is 13.1.